The van der Waals surface area contributed by atoms with Crippen LogP contribution in [0, 0.1) is 0 Å². The number of para-hydroxylation sites is 1. The highest BCUT2D eigenvalue weighted by Crippen LogP contribution is 2.27. The lowest BCUT2D eigenvalue weighted by atomic mass is 10.1. The van der Waals surface area contributed by atoms with Crippen LogP contribution < -0.4 is 21.1 Å². The number of hydrogen-bond acceptors (Lipinski definition) is 8. The van der Waals surface area contributed by atoms with Crippen LogP contribution in [0.2, 0.25) is 0 Å². The predicted octanol–water partition coefficient (Wildman–Crippen LogP) is 3.26. The number of anilines is 3. The molecular weight excluding hydrogens is 418 g/mol. The molecule has 2 aromatic carbocycles. The van der Waals surface area contributed by atoms with Crippen molar-refractivity contribution in [3.63, 3.8) is 0 Å². The van der Waals surface area contributed by atoms with E-state index in [0.717, 1.165) is 17.5 Å². The molecule has 0 aliphatic rings. The summed E-state index contributed by atoms with van der Waals surface area (Å²) in [6.07, 6.45) is 2.51. The minimum absolute atomic E-state index is 0.00964. The number of aliphatic hydroxyl groups is 1. The van der Waals surface area contributed by atoms with E-state index in [1.54, 1.807) is 13.4 Å². The zero-order valence-electron chi connectivity index (χ0n) is 18.8. The molecular formula is C24H29N7O2. The van der Waals surface area contributed by atoms with Gasteiger partial charge in [-0.15, -0.1) is 0 Å². The monoisotopic (exact) mass is 447 g/mol. The highest BCUT2D eigenvalue weighted by Gasteiger charge is 2.16. The van der Waals surface area contributed by atoms with Crippen molar-refractivity contribution in [1.29, 1.82) is 0 Å². The van der Waals surface area contributed by atoms with E-state index in [2.05, 4.69) is 32.7 Å². The van der Waals surface area contributed by atoms with Crippen LogP contribution in [-0.4, -0.2) is 44.4 Å². The van der Waals surface area contributed by atoms with Gasteiger partial charge in [-0.05, 0) is 23.6 Å². The fourth-order valence-corrected chi connectivity index (χ4v) is 3.59. The Hall–Kier alpha value is -3.85. The Labute approximate surface area is 192 Å². The second-order valence-electron chi connectivity index (χ2n) is 7.74. The molecule has 2 aromatic heterocycles. The summed E-state index contributed by atoms with van der Waals surface area (Å²) in [7, 11) is 1.60. The second-order valence-corrected chi connectivity index (χ2v) is 7.74. The lowest BCUT2D eigenvalue weighted by Gasteiger charge is -2.16. The van der Waals surface area contributed by atoms with Gasteiger partial charge in [0.25, 0.3) is 0 Å². The van der Waals surface area contributed by atoms with Gasteiger partial charge in [0.05, 0.1) is 38.3 Å². The molecule has 2 heterocycles. The molecule has 0 radical (unpaired) electrons. The third-order valence-corrected chi connectivity index (χ3v) is 5.53. The minimum Gasteiger partial charge on any atom is -0.495 e. The van der Waals surface area contributed by atoms with Crippen LogP contribution in [0.15, 0.2) is 54.9 Å². The van der Waals surface area contributed by atoms with Crippen LogP contribution >= 0.6 is 0 Å². The van der Waals surface area contributed by atoms with Crippen molar-refractivity contribution in [1.82, 2.24) is 19.5 Å². The molecule has 5 N–H and O–H groups in total. The third-order valence-electron chi connectivity index (χ3n) is 5.53. The molecule has 1 atom stereocenters. The number of fused-ring (bicyclic) bond motifs is 1. The first kappa shape index (κ1) is 22.3. The largest absolute Gasteiger partial charge is 0.495 e. The predicted molar refractivity (Wildman–Crippen MR) is 130 cm³/mol. The Kier molecular flexibility index (Phi) is 6.89. The summed E-state index contributed by atoms with van der Waals surface area (Å²) < 4.78 is 7.32. The van der Waals surface area contributed by atoms with Crippen LogP contribution in [0.1, 0.15) is 24.5 Å². The van der Waals surface area contributed by atoms with E-state index < -0.39 is 0 Å². The molecule has 0 saturated heterocycles. The summed E-state index contributed by atoms with van der Waals surface area (Å²) in [4.78, 5) is 13.9. The van der Waals surface area contributed by atoms with E-state index in [0.29, 0.717) is 47.5 Å². The van der Waals surface area contributed by atoms with Gasteiger partial charge in [0, 0.05) is 6.54 Å². The quantitative estimate of drug-likeness (QED) is 0.273. The second kappa shape index (κ2) is 10.2. The molecule has 0 fully saturated rings. The Morgan fingerprint density at radius 3 is 2.67 bits per heavy atom. The lowest BCUT2D eigenvalue weighted by molar-refractivity contribution is 0.271. The SMILES string of the molecule is CCC(CO)Nc1nc(NCc2cccc(OC)c2N)c2ncn(Cc3ccccc3)c2n1. The number of benzene rings is 2. The number of ether oxygens (including phenoxy) is 1. The van der Waals surface area contributed by atoms with Gasteiger partial charge < -0.3 is 30.8 Å². The molecule has 172 valence electrons. The van der Waals surface area contributed by atoms with Crippen LogP contribution in [0.5, 0.6) is 5.75 Å². The summed E-state index contributed by atoms with van der Waals surface area (Å²) in [5, 5.41) is 16.2. The molecule has 0 spiro atoms. The number of aliphatic hydroxyl groups excluding tert-OH is 1. The van der Waals surface area contributed by atoms with Crippen LogP contribution in [0.3, 0.4) is 0 Å². The molecule has 4 rings (SSSR count). The number of nitrogens with zero attached hydrogens (tertiary/aromatic N) is 4. The molecule has 9 heteroatoms. The van der Waals surface area contributed by atoms with E-state index in [1.165, 1.54) is 0 Å². The first-order valence-electron chi connectivity index (χ1n) is 10.9. The Bertz CT molecular complexity index is 1210. The number of hydrogen-bond donors (Lipinski definition) is 4. The van der Waals surface area contributed by atoms with Crippen molar-refractivity contribution in [2.75, 3.05) is 30.1 Å². The Morgan fingerprint density at radius 2 is 1.94 bits per heavy atom. The summed E-state index contributed by atoms with van der Waals surface area (Å²) in [6, 6.07) is 15.7. The summed E-state index contributed by atoms with van der Waals surface area (Å²) in [5.41, 5.74) is 10.2. The van der Waals surface area contributed by atoms with Crippen molar-refractivity contribution >= 4 is 28.6 Å². The van der Waals surface area contributed by atoms with Crippen molar-refractivity contribution < 1.29 is 9.84 Å². The number of aromatic nitrogens is 4. The molecule has 0 aliphatic carbocycles. The van der Waals surface area contributed by atoms with Crippen molar-refractivity contribution in [3.05, 3.63) is 66.0 Å². The normalized spacial score (nSPS) is 12.0. The van der Waals surface area contributed by atoms with Crippen molar-refractivity contribution in [2.45, 2.75) is 32.5 Å². The van der Waals surface area contributed by atoms with E-state index in [9.17, 15) is 5.11 Å². The minimum atomic E-state index is -0.144. The highest BCUT2D eigenvalue weighted by atomic mass is 16.5. The number of rotatable bonds is 10. The van der Waals surface area contributed by atoms with E-state index in [4.69, 9.17) is 15.5 Å². The molecule has 0 amide bonds. The van der Waals surface area contributed by atoms with Gasteiger partial charge in [0.15, 0.2) is 17.0 Å². The number of imidazole rings is 1. The zero-order chi connectivity index (χ0) is 23.2. The van der Waals surface area contributed by atoms with Gasteiger partial charge in [0.1, 0.15) is 5.75 Å². The van der Waals surface area contributed by atoms with Crippen LogP contribution in [0.4, 0.5) is 17.5 Å². The van der Waals surface area contributed by atoms with Crippen molar-refractivity contribution in [2.24, 2.45) is 0 Å². The molecule has 1 unspecified atom stereocenters. The van der Waals surface area contributed by atoms with Gasteiger partial charge in [-0.1, -0.05) is 49.4 Å². The molecule has 9 nitrogen and oxygen atoms in total. The topological polar surface area (TPSA) is 123 Å². The lowest BCUT2D eigenvalue weighted by Crippen LogP contribution is -2.24. The smallest absolute Gasteiger partial charge is 0.227 e. The van der Waals surface area contributed by atoms with Crippen LogP contribution in [0.25, 0.3) is 11.2 Å². The molecule has 0 saturated carbocycles. The molecule has 4 aromatic rings. The fraction of sp³-hybridized carbons (Fsp3) is 0.292. The van der Waals surface area contributed by atoms with E-state index in [1.807, 2.05) is 47.9 Å². The number of methoxy groups -OCH3 is 1. The molecule has 0 aliphatic heterocycles. The summed E-state index contributed by atoms with van der Waals surface area (Å²) >= 11 is 0. The fourth-order valence-electron chi connectivity index (χ4n) is 3.59. The maximum Gasteiger partial charge on any atom is 0.227 e. The molecule has 0 bridgehead atoms. The molecule has 33 heavy (non-hydrogen) atoms. The standard InChI is InChI=1S/C24H29N7O2/c1-3-18(14-32)28-24-29-22(26-12-17-10-7-11-19(33-2)20(17)25)21-23(30-24)31(15-27-21)13-16-8-5-4-6-9-16/h4-11,15,18,32H,3,12-14,25H2,1-2H3,(H2,26,28,29,30). The van der Waals surface area contributed by atoms with Crippen molar-refractivity contribution in [3.8, 4) is 5.75 Å². The Balaban J connectivity index is 1.69. The van der Waals surface area contributed by atoms with Gasteiger partial charge in [-0.3, -0.25) is 0 Å². The summed E-state index contributed by atoms with van der Waals surface area (Å²) in [5.74, 6) is 1.65. The first-order valence-corrected chi connectivity index (χ1v) is 10.9. The van der Waals surface area contributed by atoms with Gasteiger partial charge >= 0.3 is 0 Å². The highest BCUT2D eigenvalue weighted by molar-refractivity contribution is 5.84. The van der Waals surface area contributed by atoms with Gasteiger partial charge in [0.2, 0.25) is 5.95 Å². The maximum atomic E-state index is 9.63. The summed E-state index contributed by atoms with van der Waals surface area (Å²) in [6.45, 7) is 3.06. The average molecular weight is 448 g/mol. The first-order chi connectivity index (χ1) is 16.1. The third kappa shape index (κ3) is 4.98. The van der Waals surface area contributed by atoms with Crippen LogP contribution in [-0.2, 0) is 13.1 Å². The van der Waals surface area contributed by atoms with Gasteiger partial charge in [-0.2, -0.15) is 9.97 Å². The number of nitrogens with one attached hydrogen (secondary N) is 2. The van der Waals surface area contributed by atoms with E-state index in [-0.39, 0.29) is 12.6 Å². The number of nitrogen functional groups attached to an aromatic ring is 1. The number of nitrogens with two attached hydrogens (primary N) is 1. The van der Waals surface area contributed by atoms with Gasteiger partial charge in [-0.25, -0.2) is 4.98 Å². The average Bonchev–Trinajstić information content (AvgIpc) is 3.25. The maximum absolute atomic E-state index is 9.63. The van der Waals surface area contributed by atoms with E-state index >= 15 is 0 Å². The Morgan fingerprint density at radius 1 is 1.12 bits per heavy atom. The zero-order valence-corrected chi connectivity index (χ0v) is 18.8.